The zero-order chi connectivity index (χ0) is 24.2. The number of amides is 2. The molecule has 0 aliphatic carbocycles. The van der Waals surface area contributed by atoms with Crippen LogP contribution >= 0.6 is 35.0 Å². The molecule has 1 saturated heterocycles. The normalized spacial score (nSPS) is 14.7. The molecule has 0 radical (unpaired) electrons. The van der Waals surface area contributed by atoms with Gasteiger partial charge in [0.2, 0.25) is 0 Å². The van der Waals surface area contributed by atoms with Crippen LogP contribution in [0.15, 0.2) is 65.6 Å². The molecular formula is C26H21Cl2NO4S. The molecule has 0 saturated carbocycles. The van der Waals surface area contributed by atoms with Crippen molar-refractivity contribution < 1.29 is 19.1 Å². The molecule has 1 fully saturated rings. The molecule has 5 nitrogen and oxygen atoms in total. The van der Waals surface area contributed by atoms with Crippen molar-refractivity contribution in [3.8, 4) is 11.5 Å². The van der Waals surface area contributed by atoms with Crippen LogP contribution in [0.5, 0.6) is 11.5 Å². The predicted octanol–water partition coefficient (Wildman–Crippen LogP) is 7.13. The minimum absolute atomic E-state index is 0.151. The van der Waals surface area contributed by atoms with E-state index in [2.05, 4.69) is 0 Å². The first-order chi connectivity index (χ1) is 16.3. The van der Waals surface area contributed by atoms with Gasteiger partial charge in [-0.1, -0.05) is 65.2 Å². The Morgan fingerprint density at radius 3 is 2.50 bits per heavy atom. The highest BCUT2D eigenvalue weighted by Gasteiger charge is 2.35. The number of benzene rings is 3. The summed E-state index contributed by atoms with van der Waals surface area (Å²) in [5, 5.41) is 0.551. The zero-order valence-corrected chi connectivity index (χ0v) is 20.8. The van der Waals surface area contributed by atoms with Gasteiger partial charge < -0.3 is 9.47 Å². The van der Waals surface area contributed by atoms with Crippen LogP contribution in [-0.2, 0) is 17.9 Å². The first kappa shape index (κ1) is 24.2. The van der Waals surface area contributed by atoms with Gasteiger partial charge >= 0.3 is 0 Å². The number of nitrogens with zero attached hydrogens (tertiary/aromatic N) is 1. The average Bonchev–Trinajstić information content (AvgIpc) is 3.05. The lowest BCUT2D eigenvalue weighted by Crippen LogP contribution is -2.27. The molecule has 1 aliphatic rings. The number of methoxy groups -OCH3 is 1. The summed E-state index contributed by atoms with van der Waals surface area (Å²) in [7, 11) is 1.52. The zero-order valence-electron chi connectivity index (χ0n) is 18.5. The third-order valence-electron chi connectivity index (χ3n) is 5.12. The van der Waals surface area contributed by atoms with Crippen molar-refractivity contribution in [3.05, 3.63) is 97.9 Å². The largest absolute Gasteiger partial charge is 0.493 e. The number of hydrogen-bond donors (Lipinski definition) is 0. The van der Waals surface area contributed by atoms with E-state index in [4.69, 9.17) is 32.7 Å². The van der Waals surface area contributed by atoms with Crippen molar-refractivity contribution in [3.63, 3.8) is 0 Å². The summed E-state index contributed by atoms with van der Waals surface area (Å²) in [6.07, 6.45) is 1.63. The van der Waals surface area contributed by atoms with Gasteiger partial charge in [-0.25, -0.2) is 0 Å². The molecule has 174 valence electrons. The Balaban J connectivity index is 1.53. The molecule has 3 aromatic carbocycles. The van der Waals surface area contributed by atoms with E-state index in [1.165, 1.54) is 12.0 Å². The molecule has 2 amide bonds. The molecule has 0 atom stereocenters. The molecule has 0 bridgehead atoms. The van der Waals surface area contributed by atoms with E-state index in [0.717, 1.165) is 28.5 Å². The number of imide groups is 1. The molecule has 8 heteroatoms. The van der Waals surface area contributed by atoms with Gasteiger partial charge in [0.15, 0.2) is 11.5 Å². The van der Waals surface area contributed by atoms with E-state index in [1.807, 2.05) is 37.3 Å². The van der Waals surface area contributed by atoms with Gasteiger partial charge in [0.05, 0.1) is 23.6 Å². The molecule has 0 aromatic heterocycles. The van der Waals surface area contributed by atoms with Crippen LogP contribution in [0.25, 0.3) is 6.08 Å². The highest BCUT2D eigenvalue weighted by molar-refractivity contribution is 8.18. The van der Waals surface area contributed by atoms with Gasteiger partial charge in [0, 0.05) is 5.02 Å². The summed E-state index contributed by atoms with van der Waals surface area (Å²) >= 11 is 13.4. The quantitative estimate of drug-likeness (QED) is 0.314. The van der Waals surface area contributed by atoms with Crippen LogP contribution in [-0.4, -0.2) is 23.2 Å². The van der Waals surface area contributed by atoms with Gasteiger partial charge in [-0.3, -0.25) is 14.5 Å². The minimum atomic E-state index is -0.371. The Morgan fingerprint density at radius 2 is 1.76 bits per heavy atom. The van der Waals surface area contributed by atoms with E-state index in [1.54, 1.807) is 36.4 Å². The molecule has 1 heterocycles. The topological polar surface area (TPSA) is 55.8 Å². The maximum absolute atomic E-state index is 12.9. The molecule has 0 spiro atoms. The van der Waals surface area contributed by atoms with E-state index in [0.29, 0.717) is 38.6 Å². The molecule has 1 aliphatic heterocycles. The van der Waals surface area contributed by atoms with Gasteiger partial charge in [0.25, 0.3) is 11.1 Å². The van der Waals surface area contributed by atoms with Gasteiger partial charge in [-0.15, -0.1) is 0 Å². The maximum Gasteiger partial charge on any atom is 0.293 e. The summed E-state index contributed by atoms with van der Waals surface area (Å²) in [6, 6.07) is 18.5. The first-order valence-corrected chi connectivity index (χ1v) is 12.0. The van der Waals surface area contributed by atoms with Crippen LogP contribution in [0.3, 0.4) is 0 Å². The number of carbonyl (C=O) groups is 2. The maximum atomic E-state index is 12.9. The summed E-state index contributed by atoms with van der Waals surface area (Å²) in [4.78, 5) is 26.9. The Hall–Kier alpha value is -2.93. The minimum Gasteiger partial charge on any atom is -0.493 e. The van der Waals surface area contributed by atoms with Crippen LogP contribution in [0.2, 0.25) is 10.0 Å². The molecule has 4 rings (SSSR count). The fourth-order valence-corrected chi connectivity index (χ4v) is 4.85. The standard InChI is InChI=1S/C26H21Cl2NO4S/c1-16-5-3-7-18(9-16)15-33-24-21(28)11-19(12-22(24)32-2)13-23-25(30)29(26(31)34-23)14-17-6-4-8-20(27)10-17/h3-13H,14-15H2,1-2H3/b23-13-. The number of halogens is 2. The lowest BCUT2D eigenvalue weighted by Gasteiger charge is -2.14. The van der Waals surface area contributed by atoms with Crippen molar-refractivity contribution >= 4 is 52.2 Å². The number of ether oxygens (including phenoxy) is 2. The predicted molar refractivity (Wildman–Crippen MR) is 136 cm³/mol. The smallest absolute Gasteiger partial charge is 0.293 e. The lowest BCUT2D eigenvalue weighted by atomic mass is 10.1. The second-order valence-electron chi connectivity index (χ2n) is 7.71. The summed E-state index contributed by atoms with van der Waals surface area (Å²) in [5.41, 5.74) is 3.54. The highest BCUT2D eigenvalue weighted by Crippen LogP contribution is 2.39. The molecular weight excluding hydrogens is 493 g/mol. The van der Waals surface area contributed by atoms with E-state index in [9.17, 15) is 9.59 Å². The van der Waals surface area contributed by atoms with Crippen LogP contribution < -0.4 is 9.47 Å². The first-order valence-electron chi connectivity index (χ1n) is 10.4. The summed E-state index contributed by atoms with van der Waals surface area (Å²) in [5.74, 6) is 0.478. The van der Waals surface area contributed by atoms with E-state index in [-0.39, 0.29) is 17.7 Å². The fraction of sp³-hybridized carbons (Fsp3) is 0.154. The second kappa shape index (κ2) is 10.6. The number of rotatable bonds is 7. The van der Waals surface area contributed by atoms with Crippen molar-refractivity contribution in [2.45, 2.75) is 20.1 Å². The van der Waals surface area contributed by atoms with Crippen molar-refractivity contribution in [2.24, 2.45) is 0 Å². The number of aryl methyl sites for hydroxylation is 1. The summed E-state index contributed by atoms with van der Waals surface area (Å²) in [6.45, 7) is 2.50. The van der Waals surface area contributed by atoms with Crippen molar-refractivity contribution in [2.75, 3.05) is 7.11 Å². The fourth-order valence-electron chi connectivity index (χ4n) is 3.53. The summed E-state index contributed by atoms with van der Waals surface area (Å²) < 4.78 is 11.4. The van der Waals surface area contributed by atoms with Crippen molar-refractivity contribution in [1.82, 2.24) is 4.90 Å². The Labute approximate surface area is 212 Å². The Morgan fingerprint density at radius 1 is 1.00 bits per heavy atom. The molecule has 0 N–H and O–H groups in total. The Bertz CT molecular complexity index is 1290. The number of hydrogen-bond acceptors (Lipinski definition) is 5. The van der Waals surface area contributed by atoms with E-state index < -0.39 is 0 Å². The van der Waals surface area contributed by atoms with Gasteiger partial charge in [0.1, 0.15) is 6.61 Å². The monoisotopic (exact) mass is 513 g/mol. The molecule has 34 heavy (non-hydrogen) atoms. The second-order valence-corrected chi connectivity index (χ2v) is 9.55. The van der Waals surface area contributed by atoms with E-state index >= 15 is 0 Å². The number of thioether (sulfide) groups is 1. The third kappa shape index (κ3) is 5.58. The SMILES string of the molecule is COc1cc(/C=C2\SC(=O)N(Cc3cccc(Cl)c3)C2=O)cc(Cl)c1OCc1cccc(C)c1. The van der Waals surface area contributed by atoms with Crippen LogP contribution in [0.1, 0.15) is 22.3 Å². The van der Waals surface area contributed by atoms with Crippen LogP contribution in [0, 0.1) is 6.92 Å². The molecule has 0 unspecified atom stereocenters. The highest BCUT2D eigenvalue weighted by atomic mass is 35.5. The van der Waals surface area contributed by atoms with Crippen LogP contribution in [0.4, 0.5) is 4.79 Å². The van der Waals surface area contributed by atoms with Gasteiger partial charge in [-0.05, 0) is 65.7 Å². The number of carbonyl (C=O) groups excluding carboxylic acids is 2. The average molecular weight is 514 g/mol. The van der Waals surface area contributed by atoms with Gasteiger partial charge in [-0.2, -0.15) is 0 Å². The Kier molecular flexibility index (Phi) is 7.51. The lowest BCUT2D eigenvalue weighted by molar-refractivity contribution is -0.123. The van der Waals surface area contributed by atoms with Crippen molar-refractivity contribution in [1.29, 1.82) is 0 Å². The molecule has 3 aromatic rings. The third-order valence-corrected chi connectivity index (χ3v) is 6.54.